The summed E-state index contributed by atoms with van der Waals surface area (Å²) in [7, 11) is -3.69. The molecule has 4 N–H and O–H groups in total. The second-order valence-electron chi connectivity index (χ2n) is 6.41. The number of anilines is 1. The topological polar surface area (TPSA) is 92.4 Å². The van der Waals surface area contributed by atoms with E-state index in [1.807, 2.05) is 20.8 Å². The lowest BCUT2D eigenvalue weighted by Crippen LogP contribution is -2.34. The maximum Gasteiger partial charge on any atom is 0.240 e. The van der Waals surface area contributed by atoms with E-state index in [4.69, 9.17) is 5.73 Å². The van der Waals surface area contributed by atoms with Crippen LogP contribution in [0.4, 0.5) is 5.69 Å². The lowest BCUT2D eigenvalue weighted by Gasteiger charge is -2.22. The first-order valence-electron chi connectivity index (χ1n) is 6.66. The Hall–Kier alpha value is -0.630. The molecule has 1 aromatic rings. The highest BCUT2D eigenvalue weighted by Gasteiger charge is 2.22. The average molecular weight is 379 g/mol. The van der Waals surface area contributed by atoms with Crippen LogP contribution in [0.1, 0.15) is 32.8 Å². The zero-order valence-electron chi connectivity index (χ0n) is 12.8. The van der Waals surface area contributed by atoms with Gasteiger partial charge in [-0.2, -0.15) is 0 Å². The molecule has 21 heavy (non-hydrogen) atoms. The van der Waals surface area contributed by atoms with Crippen molar-refractivity contribution in [1.29, 1.82) is 0 Å². The van der Waals surface area contributed by atoms with Crippen LogP contribution >= 0.6 is 15.9 Å². The smallest absolute Gasteiger partial charge is 0.240 e. The third kappa shape index (κ3) is 5.58. The molecule has 0 aliphatic carbocycles. The summed E-state index contributed by atoms with van der Waals surface area (Å²) in [6.07, 6.45) is -0.218. The highest BCUT2D eigenvalue weighted by atomic mass is 79.9. The zero-order valence-corrected chi connectivity index (χ0v) is 15.2. The number of aryl methyl sites for hydroxylation is 1. The van der Waals surface area contributed by atoms with Crippen LogP contribution in [0.25, 0.3) is 0 Å². The van der Waals surface area contributed by atoms with Gasteiger partial charge in [0, 0.05) is 16.7 Å². The zero-order chi connectivity index (χ0) is 16.4. The van der Waals surface area contributed by atoms with E-state index in [0.717, 1.165) is 0 Å². The van der Waals surface area contributed by atoms with Gasteiger partial charge in [-0.15, -0.1) is 0 Å². The van der Waals surface area contributed by atoms with Crippen molar-refractivity contribution in [2.24, 2.45) is 5.41 Å². The average Bonchev–Trinajstić information content (AvgIpc) is 2.29. The first-order valence-corrected chi connectivity index (χ1v) is 8.93. The highest BCUT2D eigenvalue weighted by molar-refractivity contribution is 9.10. The van der Waals surface area contributed by atoms with E-state index >= 15 is 0 Å². The summed E-state index contributed by atoms with van der Waals surface area (Å²) >= 11 is 3.26. The molecule has 0 amide bonds. The van der Waals surface area contributed by atoms with E-state index in [1.54, 1.807) is 13.0 Å². The minimum absolute atomic E-state index is 0.0188. The number of nitrogens with two attached hydrogens (primary N) is 1. The fraction of sp³-hybridized carbons (Fsp3) is 0.571. The molecule has 1 unspecified atom stereocenters. The molecule has 1 atom stereocenters. The minimum Gasteiger partial charge on any atom is -0.398 e. The third-order valence-electron chi connectivity index (χ3n) is 2.94. The molecule has 5 nitrogen and oxygen atoms in total. The maximum atomic E-state index is 12.3. The number of aliphatic hydroxyl groups excluding tert-OH is 1. The van der Waals surface area contributed by atoms with Crippen LogP contribution in [-0.2, 0) is 10.0 Å². The fourth-order valence-corrected chi connectivity index (χ4v) is 3.81. The number of aliphatic hydroxyl groups is 1. The molecule has 7 heteroatoms. The minimum atomic E-state index is -3.69. The Morgan fingerprint density at radius 2 is 1.95 bits per heavy atom. The van der Waals surface area contributed by atoms with Gasteiger partial charge in [0.05, 0.1) is 11.0 Å². The summed E-state index contributed by atoms with van der Waals surface area (Å²) in [6, 6.07) is 3.08. The number of nitrogens with one attached hydrogen (secondary N) is 1. The largest absolute Gasteiger partial charge is 0.398 e. The van der Waals surface area contributed by atoms with Gasteiger partial charge in [0.25, 0.3) is 0 Å². The van der Waals surface area contributed by atoms with Crippen LogP contribution in [0.2, 0.25) is 0 Å². The number of halogens is 1. The summed E-state index contributed by atoms with van der Waals surface area (Å²) < 4.78 is 27.7. The van der Waals surface area contributed by atoms with E-state index in [9.17, 15) is 13.5 Å². The van der Waals surface area contributed by atoms with E-state index in [-0.39, 0.29) is 16.9 Å². The van der Waals surface area contributed by atoms with Crippen LogP contribution in [-0.4, -0.2) is 26.2 Å². The van der Waals surface area contributed by atoms with Crippen molar-refractivity contribution in [1.82, 2.24) is 4.72 Å². The molecule has 120 valence electrons. The summed E-state index contributed by atoms with van der Waals surface area (Å²) in [5.74, 6) is 0. The van der Waals surface area contributed by atoms with Gasteiger partial charge in [0.1, 0.15) is 0 Å². The highest BCUT2D eigenvalue weighted by Crippen LogP contribution is 2.26. The summed E-state index contributed by atoms with van der Waals surface area (Å²) in [6.45, 7) is 7.65. The quantitative estimate of drug-likeness (QED) is 0.685. The molecule has 1 rings (SSSR count). The summed E-state index contributed by atoms with van der Waals surface area (Å²) in [5, 5.41) is 9.90. The van der Waals surface area contributed by atoms with Gasteiger partial charge >= 0.3 is 0 Å². The Kier molecular flexibility index (Phi) is 5.83. The van der Waals surface area contributed by atoms with Gasteiger partial charge in [0.2, 0.25) is 10.0 Å². The second kappa shape index (κ2) is 6.64. The number of sulfonamides is 1. The summed E-state index contributed by atoms with van der Waals surface area (Å²) in [5.41, 5.74) is 6.62. The molecule has 0 heterocycles. The Labute approximate surface area is 135 Å². The SMILES string of the molecule is Cc1cc(Br)c(N)cc1S(=O)(=O)NCC(O)CC(C)(C)C. The predicted octanol–water partition coefficient (Wildman–Crippen LogP) is 2.42. The maximum absolute atomic E-state index is 12.3. The fourth-order valence-electron chi connectivity index (χ4n) is 2.02. The van der Waals surface area contributed by atoms with Gasteiger partial charge < -0.3 is 10.8 Å². The number of nitrogen functional groups attached to an aromatic ring is 1. The first kappa shape index (κ1) is 18.4. The Morgan fingerprint density at radius 3 is 2.48 bits per heavy atom. The molecule has 0 fully saturated rings. The van der Waals surface area contributed by atoms with Gasteiger partial charge in [-0.25, -0.2) is 13.1 Å². The number of hydrogen-bond acceptors (Lipinski definition) is 4. The van der Waals surface area contributed by atoms with Crippen molar-refractivity contribution >= 4 is 31.6 Å². The van der Waals surface area contributed by atoms with Gasteiger partial charge in [-0.1, -0.05) is 20.8 Å². The molecule has 0 aromatic heterocycles. The molecule has 0 bridgehead atoms. The second-order valence-corrected chi connectivity index (χ2v) is 9.00. The Bertz CT molecular complexity index is 609. The van der Waals surface area contributed by atoms with Crippen LogP contribution in [0.5, 0.6) is 0 Å². The Balaban J connectivity index is 2.86. The van der Waals surface area contributed by atoms with Crippen molar-refractivity contribution < 1.29 is 13.5 Å². The van der Waals surface area contributed by atoms with E-state index in [1.165, 1.54) is 6.07 Å². The van der Waals surface area contributed by atoms with Crippen LogP contribution in [0, 0.1) is 12.3 Å². The van der Waals surface area contributed by atoms with Gasteiger partial charge in [-0.3, -0.25) is 0 Å². The molecular formula is C14H23BrN2O3S. The van der Waals surface area contributed by atoms with Gasteiger partial charge in [-0.05, 0) is 52.4 Å². The van der Waals surface area contributed by atoms with Crippen molar-refractivity contribution in [2.75, 3.05) is 12.3 Å². The molecule has 0 radical (unpaired) electrons. The standard InChI is InChI=1S/C14H23BrN2O3S/c1-9-5-11(15)12(16)6-13(9)21(19,20)17-8-10(18)7-14(2,3)4/h5-6,10,17-18H,7-8,16H2,1-4H3. The van der Waals surface area contributed by atoms with Gasteiger partial charge in [0.15, 0.2) is 0 Å². The van der Waals surface area contributed by atoms with E-state index in [0.29, 0.717) is 22.1 Å². The van der Waals surface area contributed by atoms with Crippen molar-refractivity contribution in [3.05, 3.63) is 22.2 Å². The van der Waals surface area contributed by atoms with Crippen molar-refractivity contribution in [2.45, 2.75) is 45.1 Å². The monoisotopic (exact) mass is 378 g/mol. The lowest BCUT2D eigenvalue weighted by molar-refractivity contribution is 0.125. The number of benzene rings is 1. The molecular weight excluding hydrogens is 356 g/mol. The molecule has 0 spiro atoms. The lowest BCUT2D eigenvalue weighted by atomic mass is 9.89. The van der Waals surface area contributed by atoms with Crippen LogP contribution in [0.15, 0.2) is 21.5 Å². The molecule has 0 aliphatic rings. The van der Waals surface area contributed by atoms with Crippen LogP contribution < -0.4 is 10.5 Å². The third-order valence-corrected chi connectivity index (χ3v) is 5.19. The number of hydrogen-bond donors (Lipinski definition) is 3. The molecule has 0 saturated heterocycles. The molecule has 1 aromatic carbocycles. The number of rotatable bonds is 5. The Morgan fingerprint density at radius 1 is 1.38 bits per heavy atom. The van der Waals surface area contributed by atoms with E-state index < -0.39 is 16.1 Å². The van der Waals surface area contributed by atoms with E-state index in [2.05, 4.69) is 20.7 Å². The van der Waals surface area contributed by atoms with Crippen LogP contribution in [0.3, 0.4) is 0 Å². The van der Waals surface area contributed by atoms with Crippen molar-refractivity contribution in [3.63, 3.8) is 0 Å². The molecule has 0 saturated carbocycles. The summed E-state index contributed by atoms with van der Waals surface area (Å²) in [4.78, 5) is 0.131. The predicted molar refractivity (Wildman–Crippen MR) is 88.6 cm³/mol. The first-order chi connectivity index (χ1) is 9.42. The van der Waals surface area contributed by atoms with Crippen molar-refractivity contribution in [3.8, 4) is 0 Å². The normalized spacial score (nSPS) is 14.2. The molecule has 0 aliphatic heterocycles.